The molecule has 0 saturated heterocycles. The summed E-state index contributed by atoms with van der Waals surface area (Å²) < 4.78 is 0. The van der Waals surface area contributed by atoms with Crippen LogP contribution in [-0.2, 0) is 16.1 Å². The maximum atomic E-state index is 11.0. The van der Waals surface area contributed by atoms with Gasteiger partial charge >= 0.3 is 0 Å². The van der Waals surface area contributed by atoms with Gasteiger partial charge in [-0.2, -0.15) is 0 Å². The Hall–Kier alpha value is -2.36. The van der Waals surface area contributed by atoms with E-state index < -0.39 is 11.8 Å². The molecule has 6 heteroatoms. The van der Waals surface area contributed by atoms with E-state index in [0.717, 1.165) is 11.1 Å². The molecule has 0 aliphatic carbocycles. The van der Waals surface area contributed by atoms with Crippen molar-refractivity contribution in [3.8, 4) is 11.8 Å². The van der Waals surface area contributed by atoms with Crippen LogP contribution in [0.25, 0.3) is 0 Å². The first-order valence-electron chi connectivity index (χ1n) is 6.49. The lowest BCUT2D eigenvalue weighted by molar-refractivity contribution is -0.122. The summed E-state index contributed by atoms with van der Waals surface area (Å²) in [6.07, 6.45) is 0.437. The number of hydrogen-bond acceptors (Lipinski definition) is 4. The Bertz CT molecular complexity index is 528. The molecule has 1 aromatic rings. The fraction of sp³-hybridized carbons (Fsp3) is 0.333. The van der Waals surface area contributed by atoms with Crippen molar-refractivity contribution < 1.29 is 14.7 Å². The number of primary amides is 2. The summed E-state index contributed by atoms with van der Waals surface area (Å²) in [5.41, 5.74) is 12.0. The van der Waals surface area contributed by atoms with Crippen molar-refractivity contribution in [3.05, 3.63) is 35.4 Å². The standard InChI is InChI=1S/C15H19N3O3/c16-14(20)10-18(11-15(17)21)9-13-6-4-12(5-7-13)3-1-2-8-19/h4-7,19H,2,8-11H2,(H2,16,20)(H2,17,21). The van der Waals surface area contributed by atoms with Gasteiger partial charge in [0.2, 0.25) is 11.8 Å². The third kappa shape index (κ3) is 7.11. The first-order valence-corrected chi connectivity index (χ1v) is 6.49. The first-order chi connectivity index (χ1) is 10.0. The van der Waals surface area contributed by atoms with E-state index in [-0.39, 0.29) is 19.7 Å². The van der Waals surface area contributed by atoms with Crippen molar-refractivity contribution in [1.29, 1.82) is 0 Å². The number of nitrogens with two attached hydrogens (primary N) is 2. The van der Waals surface area contributed by atoms with Crippen LogP contribution in [-0.4, -0.2) is 41.5 Å². The zero-order valence-corrected chi connectivity index (χ0v) is 11.7. The van der Waals surface area contributed by atoms with Gasteiger partial charge in [-0.3, -0.25) is 14.5 Å². The predicted octanol–water partition coefficient (Wildman–Crippen LogP) is -0.807. The molecule has 1 rings (SSSR count). The minimum absolute atomic E-state index is 0.0268. The lowest BCUT2D eigenvalue weighted by Gasteiger charge is -2.18. The van der Waals surface area contributed by atoms with Crippen molar-refractivity contribution in [1.82, 2.24) is 4.90 Å². The molecule has 0 spiro atoms. The average molecular weight is 289 g/mol. The van der Waals surface area contributed by atoms with Gasteiger partial charge in [-0.25, -0.2) is 0 Å². The van der Waals surface area contributed by atoms with Crippen LogP contribution in [0.1, 0.15) is 17.5 Å². The van der Waals surface area contributed by atoms with E-state index in [1.807, 2.05) is 24.3 Å². The van der Waals surface area contributed by atoms with Gasteiger partial charge in [-0.05, 0) is 17.7 Å². The van der Waals surface area contributed by atoms with Gasteiger partial charge in [0.15, 0.2) is 0 Å². The van der Waals surface area contributed by atoms with E-state index in [1.165, 1.54) is 0 Å². The number of hydrogen-bond donors (Lipinski definition) is 3. The highest BCUT2D eigenvalue weighted by atomic mass is 16.2. The molecule has 1 aromatic carbocycles. The molecule has 0 fully saturated rings. The van der Waals surface area contributed by atoms with Crippen LogP contribution in [0.4, 0.5) is 0 Å². The summed E-state index contributed by atoms with van der Waals surface area (Å²) in [4.78, 5) is 23.5. The van der Waals surface area contributed by atoms with Gasteiger partial charge in [-0.1, -0.05) is 24.0 Å². The molecule has 5 N–H and O–H groups in total. The average Bonchev–Trinajstić information content (AvgIpc) is 2.39. The quantitative estimate of drug-likeness (QED) is 0.570. The molecule has 0 aromatic heterocycles. The van der Waals surface area contributed by atoms with E-state index >= 15 is 0 Å². The molecular weight excluding hydrogens is 270 g/mol. The molecule has 0 heterocycles. The van der Waals surface area contributed by atoms with E-state index in [2.05, 4.69) is 11.8 Å². The zero-order chi connectivity index (χ0) is 15.7. The second kappa shape index (κ2) is 8.74. The van der Waals surface area contributed by atoms with Gasteiger partial charge in [0.1, 0.15) is 0 Å². The number of aliphatic hydroxyl groups excluding tert-OH is 1. The van der Waals surface area contributed by atoms with Gasteiger partial charge in [0.25, 0.3) is 0 Å². The molecule has 2 amide bonds. The maximum Gasteiger partial charge on any atom is 0.231 e. The SMILES string of the molecule is NC(=O)CN(CC(N)=O)Cc1ccc(C#CCCO)cc1. The fourth-order valence-corrected chi connectivity index (χ4v) is 1.78. The summed E-state index contributed by atoms with van der Waals surface area (Å²) in [5.74, 6) is 4.73. The molecule has 0 bridgehead atoms. The summed E-state index contributed by atoms with van der Waals surface area (Å²) in [6, 6.07) is 7.40. The molecule has 0 radical (unpaired) electrons. The lowest BCUT2D eigenvalue weighted by atomic mass is 10.1. The van der Waals surface area contributed by atoms with Gasteiger partial charge in [-0.15, -0.1) is 0 Å². The molecule has 0 saturated carbocycles. The van der Waals surface area contributed by atoms with Crippen LogP contribution >= 0.6 is 0 Å². The predicted molar refractivity (Wildman–Crippen MR) is 78.7 cm³/mol. The largest absolute Gasteiger partial charge is 0.395 e. The molecule has 0 atom stereocenters. The molecule has 21 heavy (non-hydrogen) atoms. The third-order valence-electron chi connectivity index (χ3n) is 2.59. The van der Waals surface area contributed by atoms with E-state index in [0.29, 0.717) is 13.0 Å². The van der Waals surface area contributed by atoms with Crippen LogP contribution in [0.15, 0.2) is 24.3 Å². The number of rotatable bonds is 7. The topological polar surface area (TPSA) is 110 Å². The number of carbonyl (C=O) groups excluding carboxylic acids is 2. The Morgan fingerprint density at radius 1 is 1.10 bits per heavy atom. The number of carbonyl (C=O) groups is 2. The van der Waals surface area contributed by atoms with Crippen LogP contribution < -0.4 is 11.5 Å². The molecular formula is C15H19N3O3. The second-order valence-corrected chi connectivity index (χ2v) is 4.55. The normalized spacial score (nSPS) is 10.0. The van der Waals surface area contributed by atoms with Gasteiger partial charge in [0, 0.05) is 18.5 Å². The minimum Gasteiger partial charge on any atom is -0.395 e. The highest BCUT2D eigenvalue weighted by molar-refractivity contribution is 5.79. The van der Waals surface area contributed by atoms with Crippen molar-refractivity contribution in [2.75, 3.05) is 19.7 Å². The highest BCUT2D eigenvalue weighted by Crippen LogP contribution is 2.07. The van der Waals surface area contributed by atoms with Crippen molar-refractivity contribution in [2.24, 2.45) is 11.5 Å². The summed E-state index contributed by atoms with van der Waals surface area (Å²) in [6.45, 7) is 0.387. The number of nitrogens with zero attached hydrogens (tertiary/aromatic N) is 1. The third-order valence-corrected chi connectivity index (χ3v) is 2.59. The Kier molecular flexibility index (Phi) is 6.95. The van der Waals surface area contributed by atoms with Gasteiger partial charge in [0.05, 0.1) is 19.7 Å². The van der Waals surface area contributed by atoms with E-state index in [1.54, 1.807) is 4.90 Å². The van der Waals surface area contributed by atoms with Crippen LogP contribution in [0.3, 0.4) is 0 Å². The molecule has 6 nitrogen and oxygen atoms in total. The monoisotopic (exact) mass is 289 g/mol. The van der Waals surface area contributed by atoms with Crippen LogP contribution in [0.2, 0.25) is 0 Å². The molecule has 0 aliphatic heterocycles. The van der Waals surface area contributed by atoms with Crippen molar-refractivity contribution in [3.63, 3.8) is 0 Å². The Morgan fingerprint density at radius 3 is 2.14 bits per heavy atom. The first kappa shape index (κ1) is 16.7. The van der Waals surface area contributed by atoms with Crippen LogP contribution in [0.5, 0.6) is 0 Å². The zero-order valence-electron chi connectivity index (χ0n) is 11.7. The van der Waals surface area contributed by atoms with Crippen molar-refractivity contribution >= 4 is 11.8 Å². The Balaban J connectivity index is 2.69. The summed E-state index contributed by atoms with van der Waals surface area (Å²) in [5, 5.41) is 8.65. The fourth-order valence-electron chi connectivity index (χ4n) is 1.78. The highest BCUT2D eigenvalue weighted by Gasteiger charge is 2.11. The molecule has 0 unspecified atom stereocenters. The summed E-state index contributed by atoms with van der Waals surface area (Å²) in [7, 11) is 0. The lowest BCUT2D eigenvalue weighted by Crippen LogP contribution is -2.39. The molecule has 112 valence electrons. The molecule has 0 aliphatic rings. The Morgan fingerprint density at radius 2 is 1.67 bits per heavy atom. The number of aliphatic hydroxyl groups is 1. The smallest absolute Gasteiger partial charge is 0.231 e. The van der Waals surface area contributed by atoms with Crippen molar-refractivity contribution in [2.45, 2.75) is 13.0 Å². The second-order valence-electron chi connectivity index (χ2n) is 4.55. The van der Waals surface area contributed by atoms with Crippen LogP contribution in [0, 0.1) is 11.8 Å². The maximum absolute atomic E-state index is 11.0. The summed E-state index contributed by atoms with van der Waals surface area (Å²) >= 11 is 0. The Labute approximate surface area is 123 Å². The number of benzene rings is 1. The number of amides is 2. The minimum atomic E-state index is -0.511. The van der Waals surface area contributed by atoms with E-state index in [4.69, 9.17) is 16.6 Å². The van der Waals surface area contributed by atoms with E-state index in [9.17, 15) is 9.59 Å². The van der Waals surface area contributed by atoms with Gasteiger partial charge < -0.3 is 16.6 Å².